The molecular formula is C28H24N4O2S. The number of carbonyl (C=O) groups excluding carboxylic acids is 2. The van der Waals surface area contributed by atoms with Gasteiger partial charge < -0.3 is 4.57 Å². The van der Waals surface area contributed by atoms with Gasteiger partial charge in [0, 0.05) is 41.8 Å². The molecule has 1 aliphatic rings. The highest BCUT2D eigenvalue weighted by atomic mass is 32.2. The fourth-order valence-corrected chi connectivity index (χ4v) is 5.07. The number of thioether (sulfide) groups is 1. The van der Waals surface area contributed by atoms with Crippen LogP contribution in [0.1, 0.15) is 32.1 Å². The first-order valence-electron chi connectivity index (χ1n) is 11.4. The van der Waals surface area contributed by atoms with E-state index in [2.05, 4.69) is 41.1 Å². The minimum Gasteiger partial charge on any atom is -0.302 e. The van der Waals surface area contributed by atoms with E-state index in [0.29, 0.717) is 24.1 Å². The van der Waals surface area contributed by atoms with Crippen molar-refractivity contribution in [1.29, 1.82) is 0 Å². The Morgan fingerprint density at radius 1 is 0.886 bits per heavy atom. The maximum absolute atomic E-state index is 13.2. The van der Waals surface area contributed by atoms with Gasteiger partial charge in [0.05, 0.1) is 0 Å². The van der Waals surface area contributed by atoms with Crippen LogP contribution in [0.3, 0.4) is 0 Å². The van der Waals surface area contributed by atoms with Crippen LogP contribution >= 0.6 is 11.8 Å². The van der Waals surface area contributed by atoms with E-state index < -0.39 is 0 Å². The van der Waals surface area contributed by atoms with Crippen LogP contribution in [0.4, 0.5) is 0 Å². The largest absolute Gasteiger partial charge is 0.302 e. The van der Waals surface area contributed by atoms with Crippen molar-refractivity contribution >= 4 is 40.4 Å². The summed E-state index contributed by atoms with van der Waals surface area (Å²) in [5.41, 5.74) is 2.27. The summed E-state index contributed by atoms with van der Waals surface area (Å²) in [7, 11) is 0. The summed E-state index contributed by atoms with van der Waals surface area (Å²) in [6.07, 6.45) is 6.38. The van der Waals surface area contributed by atoms with Crippen molar-refractivity contribution in [3.05, 3.63) is 108 Å². The van der Waals surface area contributed by atoms with Crippen LogP contribution < -0.4 is 0 Å². The van der Waals surface area contributed by atoms with E-state index in [0.717, 1.165) is 33.1 Å². The number of benzene rings is 3. The van der Waals surface area contributed by atoms with Gasteiger partial charge in [-0.1, -0.05) is 84.6 Å². The Labute approximate surface area is 208 Å². The van der Waals surface area contributed by atoms with Crippen LogP contribution in [0.5, 0.6) is 0 Å². The molecule has 7 heteroatoms. The lowest BCUT2D eigenvalue weighted by atomic mass is 9.94. The van der Waals surface area contributed by atoms with Crippen LogP contribution in [0.2, 0.25) is 0 Å². The topological polar surface area (TPSA) is 68.1 Å². The summed E-state index contributed by atoms with van der Waals surface area (Å²) in [6, 6.07) is 21.2. The molecule has 0 aliphatic carbocycles. The highest BCUT2D eigenvalue weighted by Gasteiger charge is 2.32. The minimum atomic E-state index is -0.269. The Kier molecular flexibility index (Phi) is 6.59. The van der Waals surface area contributed by atoms with Gasteiger partial charge >= 0.3 is 0 Å². The van der Waals surface area contributed by atoms with Crippen molar-refractivity contribution < 1.29 is 9.59 Å². The highest BCUT2D eigenvalue weighted by Crippen LogP contribution is 2.30. The predicted octanol–water partition coefficient (Wildman–Crippen LogP) is 5.26. The molecule has 1 aliphatic heterocycles. The Bertz CT molecular complexity index is 1390. The number of nitrogens with zero attached hydrogens (tertiary/aromatic N) is 4. The monoisotopic (exact) mass is 480 g/mol. The molecule has 0 radical (unpaired) electrons. The number of amides is 2. The Morgan fingerprint density at radius 3 is 2.29 bits per heavy atom. The molecule has 0 fully saturated rings. The zero-order chi connectivity index (χ0) is 24.2. The third kappa shape index (κ3) is 4.55. The highest BCUT2D eigenvalue weighted by molar-refractivity contribution is 7.99. The predicted molar refractivity (Wildman–Crippen MR) is 139 cm³/mol. The maximum atomic E-state index is 13.2. The number of imide groups is 1. The molecule has 0 saturated heterocycles. The van der Waals surface area contributed by atoms with Crippen molar-refractivity contribution in [2.24, 2.45) is 0 Å². The number of allylic oxidation sites excluding steroid dienone is 1. The molecule has 1 aromatic heterocycles. The molecule has 2 heterocycles. The normalized spacial score (nSPS) is 13.2. The van der Waals surface area contributed by atoms with Gasteiger partial charge in [-0.15, -0.1) is 16.8 Å². The van der Waals surface area contributed by atoms with Gasteiger partial charge in [-0.3, -0.25) is 14.5 Å². The molecule has 0 bridgehead atoms. The second-order valence-electron chi connectivity index (χ2n) is 8.14. The molecular weight excluding hydrogens is 456 g/mol. The van der Waals surface area contributed by atoms with Gasteiger partial charge in [-0.2, -0.15) is 0 Å². The molecule has 6 nitrogen and oxygen atoms in total. The lowest BCUT2D eigenvalue weighted by Crippen LogP contribution is -2.41. The summed E-state index contributed by atoms with van der Waals surface area (Å²) < 4.78 is 1.99. The zero-order valence-corrected chi connectivity index (χ0v) is 19.9. The van der Waals surface area contributed by atoms with Crippen LogP contribution in [-0.4, -0.2) is 43.8 Å². The average molecular weight is 481 g/mol. The molecule has 4 aromatic rings. The summed E-state index contributed by atoms with van der Waals surface area (Å²) >= 11 is 1.58. The molecule has 2 amide bonds. The molecule has 0 N–H and O–H groups in total. The summed E-state index contributed by atoms with van der Waals surface area (Å²) in [4.78, 5) is 27.7. The minimum absolute atomic E-state index is 0.232. The lowest BCUT2D eigenvalue weighted by Gasteiger charge is -2.27. The Balaban J connectivity index is 1.30. The molecule has 0 atom stereocenters. The second kappa shape index (κ2) is 10.1. The summed E-state index contributed by atoms with van der Waals surface area (Å²) in [5.74, 6) is 0.926. The van der Waals surface area contributed by atoms with Gasteiger partial charge in [0.15, 0.2) is 5.16 Å². The smallest absolute Gasteiger partial charge is 0.261 e. The zero-order valence-electron chi connectivity index (χ0n) is 19.1. The van der Waals surface area contributed by atoms with Gasteiger partial charge in [-0.05, 0) is 23.1 Å². The second-order valence-corrected chi connectivity index (χ2v) is 9.13. The molecule has 5 rings (SSSR count). The number of hydrogen-bond donors (Lipinski definition) is 0. The van der Waals surface area contributed by atoms with Crippen molar-refractivity contribution in [2.45, 2.75) is 18.1 Å². The first kappa shape index (κ1) is 22.8. The first-order valence-corrected chi connectivity index (χ1v) is 12.4. The fourth-order valence-electron chi connectivity index (χ4n) is 4.29. The van der Waals surface area contributed by atoms with E-state index in [1.165, 1.54) is 4.90 Å². The Hall–Kier alpha value is -3.97. The molecule has 0 spiro atoms. The van der Waals surface area contributed by atoms with E-state index in [1.54, 1.807) is 30.0 Å². The lowest BCUT2D eigenvalue weighted by molar-refractivity contribution is 0.0611. The van der Waals surface area contributed by atoms with Gasteiger partial charge in [0.25, 0.3) is 11.8 Å². The fraction of sp³-hybridized carbons (Fsp3) is 0.143. The van der Waals surface area contributed by atoms with Crippen LogP contribution in [-0.2, 0) is 13.0 Å². The van der Waals surface area contributed by atoms with Crippen molar-refractivity contribution in [3.8, 4) is 0 Å². The number of aromatic nitrogens is 3. The third-order valence-electron chi connectivity index (χ3n) is 5.94. The van der Waals surface area contributed by atoms with Crippen LogP contribution in [0, 0.1) is 0 Å². The third-order valence-corrected chi connectivity index (χ3v) is 6.86. The number of hydrogen-bond acceptors (Lipinski definition) is 5. The number of carbonyl (C=O) groups is 2. The van der Waals surface area contributed by atoms with Crippen molar-refractivity contribution in [3.63, 3.8) is 0 Å². The molecule has 35 heavy (non-hydrogen) atoms. The van der Waals surface area contributed by atoms with Gasteiger partial charge in [-0.25, -0.2) is 0 Å². The van der Waals surface area contributed by atoms with Crippen LogP contribution in [0.25, 0.3) is 16.8 Å². The summed E-state index contributed by atoms with van der Waals surface area (Å²) in [5, 5.41) is 11.1. The van der Waals surface area contributed by atoms with Crippen molar-refractivity contribution in [2.75, 3.05) is 12.3 Å². The van der Waals surface area contributed by atoms with Gasteiger partial charge in [0.2, 0.25) is 0 Å². The summed E-state index contributed by atoms with van der Waals surface area (Å²) in [6.45, 7) is 4.64. The van der Waals surface area contributed by atoms with E-state index in [1.807, 2.05) is 47.0 Å². The maximum Gasteiger partial charge on any atom is 0.261 e. The standard InChI is InChI=1S/C28H24N4O2S/c1-2-17-31-24(29-30-28(31)35-19-8-11-20-9-4-3-5-10-20)16-18-32-26(33)22-14-6-12-21-13-7-15-23(25(21)22)27(32)34/h2-15H,1,16-19H2/b11-8+. The Morgan fingerprint density at radius 2 is 1.60 bits per heavy atom. The number of rotatable bonds is 9. The molecule has 0 saturated carbocycles. The van der Waals surface area contributed by atoms with E-state index >= 15 is 0 Å². The molecule has 0 unspecified atom stereocenters. The average Bonchev–Trinajstić information content (AvgIpc) is 3.27. The van der Waals surface area contributed by atoms with E-state index in [9.17, 15) is 9.59 Å². The van der Waals surface area contributed by atoms with Crippen LogP contribution in [0.15, 0.2) is 90.6 Å². The first-order chi connectivity index (χ1) is 17.2. The van der Waals surface area contributed by atoms with Crippen molar-refractivity contribution in [1.82, 2.24) is 19.7 Å². The SMILES string of the molecule is C=CCn1c(CCN2C(=O)c3cccc4cccc(c34)C2=O)nnc1SC/C=C/c1ccccc1. The molecule has 3 aromatic carbocycles. The molecule has 174 valence electrons. The van der Waals surface area contributed by atoms with E-state index in [-0.39, 0.29) is 18.4 Å². The van der Waals surface area contributed by atoms with E-state index in [4.69, 9.17) is 0 Å². The quantitative estimate of drug-likeness (QED) is 0.186. The van der Waals surface area contributed by atoms with Gasteiger partial charge in [0.1, 0.15) is 5.82 Å².